The molecule has 170 valence electrons. The minimum absolute atomic E-state index is 0.0701. The van der Waals surface area contributed by atoms with Crippen molar-refractivity contribution >= 4 is 40.2 Å². The number of rotatable bonds is 8. The Balaban J connectivity index is 1.56. The van der Waals surface area contributed by atoms with Gasteiger partial charge in [0, 0.05) is 47.8 Å². The highest BCUT2D eigenvalue weighted by Crippen LogP contribution is 2.31. The number of carbonyl (C=O) groups is 2. The Bertz CT molecular complexity index is 1290. The molecule has 33 heavy (non-hydrogen) atoms. The lowest BCUT2D eigenvalue weighted by Gasteiger charge is -2.14. The van der Waals surface area contributed by atoms with Gasteiger partial charge in [0.15, 0.2) is 11.3 Å². The number of Topliss-reactive ketones (excluding diaryl/α,β-unsaturated/α-hetero) is 1. The molecule has 0 saturated heterocycles. The summed E-state index contributed by atoms with van der Waals surface area (Å²) in [5.41, 5.74) is 3.37. The highest BCUT2D eigenvalue weighted by Gasteiger charge is 2.36. The minimum atomic E-state index is -1.36. The first-order valence-corrected chi connectivity index (χ1v) is 10.4. The highest BCUT2D eigenvalue weighted by molar-refractivity contribution is 6.26. The van der Waals surface area contributed by atoms with Gasteiger partial charge in [-0.05, 0) is 63.0 Å². The predicted molar refractivity (Wildman–Crippen MR) is 127 cm³/mol. The molecule has 0 amide bonds. The molecule has 9 nitrogen and oxygen atoms in total. The lowest BCUT2D eigenvalue weighted by atomic mass is 10.1. The summed E-state index contributed by atoms with van der Waals surface area (Å²) in [6, 6.07) is 9.29. The smallest absolute Gasteiger partial charge is 0.345 e. The first-order chi connectivity index (χ1) is 15.8. The number of H-pyrrole nitrogens is 1. The van der Waals surface area contributed by atoms with Crippen molar-refractivity contribution in [3.05, 3.63) is 71.1 Å². The van der Waals surface area contributed by atoms with Crippen LogP contribution in [0.2, 0.25) is 0 Å². The van der Waals surface area contributed by atoms with Gasteiger partial charge in [0.25, 0.3) is 0 Å². The second-order valence-electron chi connectivity index (χ2n) is 7.98. The normalized spacial score (nSPS) is 14.9. The first-order valence-electron chi connectivity index (χ1n) is 10.4. The predicted octanol–water partition coefficient (Wildman–Crippen LogP) is 3.19. The number of benzene rings is 1. The second-order valence-corrected chi connectivity index (χ2v) is 7.98. The van der Waals surface area contributed by atoms with E-state index in [2.05, 4.69) is 25.5 Å². The van der Waals surface area contributed by atoms with Crippen LogP contribution in [-0.2, 0) is 14.3 Å². The fourth-order valence-corrected chi connectivity index (χ4v) is 3.51. The van der Waals surface area contributed by atoms with E-state index in [-0.39, 0.29) is 11.6 Å². The molecule has 3 aromatic rings. The lowest BCUT2D eigenvalue weighted by Crippen LogP contribution is -2.20. The van der Waals surface area contributed by atoms with Crippen LogP contribution in [-0.4, -0.2) is 58.9 Å². The summed E-state index contributed by atoms with van der Waals surface area (Å²) >= 11 is 0. The van der Waals surface area contributed by atoms with Crippen LogP contribution in [0.3, 0.4) is 0 Å². The Morgan fingerprint density at radius 1 is 1.30 bits per heavy atom. The topological polar surface area (TPSA) is 120 Å². The Hall–Kier alpha value is -4.11. The summed E-state index contributed by atoms with van der Waals surface area (Å²) in [7, 11) is 4.02. The number of ether oxygens (including phenoxy) is 1. The maximum atomic E-state index is 12.8. The van der Waals surface area contributed by atoms with E-state index in [0.29, 0.717) is 16.9 Å². The van der Waals surface area contributed by atoms with E-state index >= 15 is 0 Å². The van der Waals surface area contributed by atoms with Crippen LogP contribution in [0, 0.1) is 6.92 Å². The Morgan fingerprint density at radius 3 is 2.85 bits per heavy atom. The third-order valence-electron chi connectivity index (χ3n) is 5.24. The molecule has 1 aliphatic heterocycles. The van der Waals surface area contributed by atoms with Gasteiger partial charge in [0.05, 0.1) is 0 Å². The summed E-state index contributed by atoms with van der Waals surface area (Å²) in [6.07, 6.45) is 4.87. The number of fused-ring (bicyclic) bond motifs is 1. The number of hydrogen-bond donors (Lipinski definition) is 4. The number of carboxylic acids is 1. The molecule has 0 saturated carbocycles. The van der Waals surface area contributed by atoms with Crippen LogP contribution >= 0.6 is 0 Å². The first kappa shape index (κ1) is 22.1. The summed E-state index contributed by atoms with van der Waals surface area (Å²) in [6.45, 7) is 3.58. The molecule has 9 heteroatoms. The number of aromatic nitrogens is 2. The lowest BCUT2D eigenvalue weighted by molar-refractivity contribution is -0.134. The van der Waals surface area contributed by atoms with Crippen molar-refractivity contribution in [1.29, 1.82) is 0 Å². The van der Waals surface area contributed by atoms with E-state index in [9.17, 15) is 14.7 Å². The standard InChI is InChI=1S/C24H25N5O4/c1-14-11-16(25-9-10-29(2)3)6-7-18(14)28-23-20(24(31)32)21(30)19(33-23)12-15-13-27-22-17(15)5-4-8-26-22/h4-8,11-13,25,28H,9-10H2,1-3H3,(H,26,27)(H,31,32)/b19-12-. The maximum absolute atomic E-state index is 12.8. The van der Waals surface area contributed by atoms with Crippen LogP contribution in [0.5, 0.6) is 0 Å². The molecule has 0 unspecified atom stereocenters. The van der Waals surface area contributed by atoms with Gasteiger partial charge < -0.3 is 30.4 Å². The number of nitrogens with one attached hydrogen (secondary N) is 3. The number of ketones is 1. The zero-order chi connectivity index (χ0) is 23.5. The van der Waals surface area contributed by atoms with E-state index in [1.165, 1.54) is 6.08 Å². The van der Waals surface area contributed by atoms with Gasteiger partial charge in [0.1, 0.15) is 5.65 Å². The fraction of sp³-hybridized carbons (Fsp3) is 0.208. The molecule has 0 aliphatic carbocycles. The number of anilines is 2. The molecular weight excluding hydrogens is 422 g/mol. The number of allylic oxidation sites excluding steroid dienone is 1. The van der Waals surface area contributed by atoms with Gasteiger partial charge in [-0.15, -0.1) is 0 Å². The summed E-state index contributed by atoms with van der Waals surface area (Å²) in [4.78, 5) is 34.0. The average molecular weight is 447 g/mol. The molecular formula is C24H25N5O4. The van der Waals surface area contributed by atoms with Crippen molar-refractivity contribution in [3.8, 4) is 0 Å². The van der Waals surface area contributed by atoms with Gasteiger partial charge in [0.2, 0.25) is 11.7 Å². The van der Waals surface area contributed by atoms with E-state index < -0.39 is 17.3 Å². The van der Waals surface area contributed by atoms with Crippen molar-refractivity contribution in [2.24, 2.45) is 0 Å². The van der Waals surface area contributed by atoms with Crippen LogP contribution in [0.15, 0.2) is 59.9 Å². The van der Waals surface area contributed by atoms with Gasteiger partial charge >= 0.3 is 5.97 Å². The molecule has 0 atom stereocenters. The van der Waals surface area contributed by atoms with E-state index in [4.69, 9.17) is 4.74 Å². The third kappa shape index (κ3) is 4.73. The van der Waals surface area contributed by atoms with Gasteiger partial charge in [-0.25, -0.2) is 9.78 Å². The molecule has 0 spiro atoms. The number of nitrogens with zero attached hydrogens (tertiary/aromatic N) is 2. The molecule has 1 aliphatic rings. The number of aryl methyl sites for hydroxylation is 1. The second kappa shape index (κ2) is 9.17. The Kier molecular flexibility index (Phi) is 6.14. The van der Waals surface area contributed by atoms with Crippen LogP contribution in [0.1, 0.15) is 11.1 Å². The molecule has 0 bridgehead atoms. The number of pyridine rings is 1. The van der Waals surface area contributed by atoms with Crippen LogP contribution in [0.25, 0.3) is 17.1 Å². The minimum Gasteiger partial charge on any atom is -0.477 e. The number of carbonyl (C=O) groups excluding carboxylic acids is 1. The Labute approximate surface area is 190 Å². The Morgan fingerprint density at radius 2 is 2.12 bits per heavy atom. The van der Waals surface area contributed by atoms with Crippen LogP contribution < -0.4 is 10.6 Å². The molecule has 2 aromatic heterocycles. The molecule has 0 radical (unpaired) electrons. The highest BCUT2D eigenvalue weighted by atomic mass is 16.5. The monoisotopic (exact) mass is 447 g/mol. The fourth-order valence-electron chi connectivity index (χ4n) is 3.51. The van der Waals surface area contributed by atoms with Crippen molar-refractivity contribution < 1.29 is 19.4 Å². The van der Waals surface area contributed by atoms with Gasteiger partial charge in [-0.3, -0.25) is 4.79 Å². The number of carboxylic acid groups (broad SMARTS) is 1. The zero-order valence-electron chi connectivity index (χ0n) is 18.6. The van der Waals surface area contributed by atoms with Crippen LogP contribution in [0.4, 0.5) is 11.4 Å². The molecule has 4 rings (SSSR count). The van der Waals surface area contributed by atoms with E-state index in [0.717, 1.165) is 29.7 Å². The van der Waals surface area contributed by atoms with Crippen molar-refractivity contribution in [3.63, 3.8) is 0 Å². The van der Waals surface area contributed by atoms with E-state index in [1.807, 2.05) is 45.3 Å². The van der Waals surface area contributed by atoms with E-state index in [1.54, 1.807) is 18.5 Å². The van der Waals surface area contributed by atoms with Gasteiger partial charge in [-0.2, -0.15) is 0 Å². The van der Waals surface area contributed by atoms with Crippen molar-refractivity contribution in [1.82, 2.24) is 14.9 Å². The average Bonchev–Trinajstić information content (AvgIpc) is 3.31. The van der Waals surface area contributed by atoms with Crippen molar-refractivity contribution in [2.75, 3.05) is 37.8 Å². The quantitative estimate of drug-likeness (QED) is 0.307. The molecule has 0 fully saturated rings. The largest absolute Gasteiger partial charge is 0.477 e. The summed E-state index contributed by atoms with van der Waals surface area (Å²) < 4.78 is 5.69. The summed E-state index contributed by atoms with van der Waals surface area (Å²) in [5.74, 6) is -2.22. The SMILES string of the molecule is Cc1cc(NCCN(C)C)ccc1NC1=C(C(=O)O)C(=O)/C(=C/c2c[nH]c3ncccc23)O1. The third-order valence-corrected chi connectivity index (χ3v) is 5.24. The molecule has 3 heterocycles. The van der Waals surface area contributed by atoms with Gasteiger partial charge in [-0.1, -0.05) is 0 Å². The zero-order valence-corrected chi connectivity index (χ0v) is 18.6. The number of aliphatic carboxylic acids is 1. The summed E-state index contributed by atoms with van der Waals surface area (Å²) in [5, 5.41) is 16.8. The number of aromatic amines is 1. The maximum Gasteiger partial charge on any atom is 0.345 e. The molecule has 4 N–H and O–H groups in total. The van der Waals surface area contributed by atoms with Crippen molar-refractivity contribution in [2.45, 2.75) is 6.92 Å². The number of likely N-dealkylation sites (N-methyl/N-ethyl adjacent to an activating group) is 1. The number of hydrogen-bond acceptors (Lipinski definition) is 7. The molecule has 1 aromatic carbocycles.